The van der Waals surface area contributed by atoms with Crippen LogP contribution in [0.15, 0.2) is 48.8 Å². The Labute approximate surface area is 132 Å². The molecular formula is C12H8MnN4S2. The minimum atomic E-state index is 0. The van der Waals surface area contributed by atoms with E-state index in [4.69, 9.17) is 10.8 Å². The number of thiocarbonyl (C=S) groups is 2. The molecule has 0 aliphatic heterocycles. The first-order valence-electron chi connectivity index (χ1n) is 4.65. The molecule has 95 valence electrons. The van der Waals surface area contributed by atoms with Crippen LogP contribution in [0.3, 0.4) is 0 Å². The Kier molecular flexibility index (Phi) is 15.1. The summed E-state index contributed by atoms with van der Waals surface area (Å²) >= 11 is 7.40. The molecule has 2 rings (SSSR count). The molecule has 0 aliphatic carbocycles. The quantitative estimate of drug-likeness (QED) is 0.457. The van der Waals surface area contributed by atoms with Crippen LogP contribution in [0, 0.1) is 0 Å². The topological polar surface area (TPSA) is 70.4 Å². The van der Waals surface area contributed by atoms with Crippen molar-refractivity contribution in [2.45, 2.75) is 0 Å². The second-order valence-corrected chi connectivity index (χ2v) is 2.98. The molecular weight excluding hydrogens is 319 g/mol. The van der Waals surface area contributed by atoms with Crippen molar-refractivity contribution in [3.05, 3.63) is 59.6 Å². The third-order valence-electron chi connectivity index (χ3n) is 1.59. The van der Waals surface area contributed by atoms with Crippen molar-refractivity contribution < 1.29 is 17.1 Å². The summed E-state index contributed by atoms with van der Waals surface area (Å²) in [7, 11) is 0. The summed E-state index contributed by atoms with van der Waals surface area (Å²) in [4.78, 5) is 8.37. The largest absolute Gasteiger partial charge is 2.00 e. The smallest absolute Gasteiger partial charge is 0.753 e. The van der Waals surface area contributed by atoms with Crippen LogP contribution in [0.1, 0.15) is 0 Å². The molecule has 0 N–H and O–H groups in total. The Morgan fingerprint density at radius 3 is 1.32 bits per heavy atom. The summed E-state index contributed by atoms with van der Waals surface area (Å²) in [6.07, 6.45) is 3.54. The van der Waals surface area contributed by atoms with E-state index in [1.807, 2.05) is 36.4 Å². The summed E-state index contributed by atoms with van der Waals surface area (Å²) in [5.74, 6) is 0. The number of hydrogen-bond acceptors (Lipinski definition) is 4. The molecule has 0 fully saturated rings. The van der Waals surface area contributed by atoms with Crippen molar-refractivity contribution in [3.8, 4) is 11.4 Å². The molecule has 0 saturated carbocycles. The Balaban J connectivity index is 0. The number of aromatic nitrogens is 2. The molecule has 19 heavy (non-hydrogen) atoms. The van der Waals surface area contributed by atoms with Gasteiger partial charge in [-0.1, -0.05) is 36.6 Å². The second-order valence-electron chi connectivity index (χ2n) is 2.61. The predicted octanol–water partition coefficient (Wildman–Crippen LogP) is 3.46. The van der Waals surface area contributed by atoms with Crippen molar-refractivity contribution in [1.29, 1.82) is 0 Å². The molecule has 0 amide bonds. The van der Waals surface area contributed by atoms with E-state index in [1.165, 1.54) is 10.3 Å². The molecule has 0 aromatic carbocycles. The first-order valence-corrected chi connectivity index (χ1v) is 5.46. The van der Waals surface area contributed by atoms with E-state index in [0.29, 0.717) is 0 Å². The van der Waals surface area contributed by atoms with Crippen molar-refractivity contribution >= 4 is 34.8 Å². The molecule has 7 heteroatoms. The van der Waals surface area contributed by atoms with E-state index in [2.05, 4.69) is 34.4 Å². The monoisotopic (exact) mass is 327 g/mol. The minimum absolute atomic E-state index is 0. The van der Waals surface area contributed by atoms with Crippen LogP contribution in [0.25, 0.3) is 22.2 Å². The predicted molar refractivity (Wildman–Crippen MR) is 79.4 cm³/mol. The van der Waals surface area contributed by atoms with Gasteiger partial charge in [-0.3, -0.25) is 9.97 Å². The van der Waals surface area contributed by atoms with Gasteiger partial charge in [0.05, 0.1) is 11.4 Å². The average Bonchev–Trinajstić information content (AvgIpc) is 2.43. The molecule has 0 aliphatic rings. The van der Waals surface area contributed by atoms with Crippen LogP contribution >= 0.6 is 24.4 Å². The molecule has 2 heterocycles. The van der Waals surface area contributed by atoms with Crippen LogP contribution in [-0.4, -0.2) is 20.3 Å². The van der Waals surface area contributed by atoms with Crippen molar-refractivity contribution in [2.24, 2.45) is 0 Å². The molecule has 1 radical (unpaired) electrons. The zero-order chi connectivity index (χ0) is 13.6. The first-order chi connectivity index (χ1) is 8.79. The van der Waals surface area contributed by atoms with Crippen LogP contribution in [-0.2, 0) is 17.1 Å². The van der Waals surface area contributed by atoms with Crippen molar-refractivity contribution in [1.82, 2.24) is 9.97 Å². The van der Waals surface area contributed by atoms with Gasteiger partial charge in [-0.25, -0.2) is 0 Å². The van der Waals surface area contributed by atoms with E-state index < -0.39 is 0 Å². The van der Waals surface area contributed by atoms with Gasteiger partial charge in [-0.15, -0.1) is 0 Å². The van der Waals surface area contributed by atoms with E-state index in [-0.39, 0.29) is 17.1 Å². The van der Waals surface area contributed by atoms with Gasteiger partial charge in [0, 0.05) is 12.4 Å². The normalized spacial score (nSPS) is 6.95. The number of pyridine rings is 2. The molecule has 2 aromatic heterocycles. The van der Waals surface area contributed by atoms with Gasteiger partial charge in [-0.05, 0) is 24.3 Å². The summed E-state index contributed by atoms with van der Waals surface area (Å²) in [6.45, 7) is 0. The van der Waals surface area contributed by atoms with Gasteiger partial charge < -0.3 is 10.8 Å². The molecule has 0 saturated heterocycles. The number of isothiocyanates is 2. The zero-order valence-electron chi connectivity index (χ0n) is 9.60. The summed E-state index contributed by atoms with van der Waals surface area (Å²) in [5.41, 5.74) is 1.83. The van der Waals surface area contributed by atoms with Gasteiger partial charge in [0.25, 0.3) is 0 Å². The Morgan fingerprint density at radius 2 is 1.11 bits per heavy atom. The summed E-state index contributed by atoms with van der Waals surface area (Å²) in [6, 6.07) is 11.6. The Hall–Kier alpha value is -1.58. The summed E-state index contributed by atoms with van der Waals surface area (Å²) in [5, 5.41) is 16.9. The fourth-order valence-corrected chi connectivity index (χ4v) is 1.03. The molecule has 0 atom stereocenters. The molecule has 0 spiro atoms. The van der Waals surface area contributed by atoms with Crippen molar-refractivity contribution in [3.63, 3.8) is 0 Å². The van der Waals surface area contributed by atoms with Crippen LogP contribution in [0.2, 0.25) is 0 Å². The van der Waals surface area contributed by atoms with E-state index >= 15 is 0 Å². The first kappa shape index (κ1) is 19.8. The number of rotatable bonds is 1. The van der Waals surface area contributed by atoms with Gasteiger partial charge in [-0.2, -0.15) is 10.3 Å². The zero-order valence-corrected chi connectivity index (χ0v) is 12.4. The molecule has 4 nitrogen and oxygen atoms in total. The van der Waals surface area contributed by atoms with Gasteiger partial charge in [0.15, 0.2) is 0 Å². The third-order valence-corrected chi connectivity index (χ3v) is 1.59. The van der Waals surface area contributed by atoms with Crippen LogP contribution in [0.4, 0.5) is 0 Å². The SMILES string of the molecule is [Mn+2].[N-]=C=S.[N-]=C=S.c1ccc(-c2ccccn2)nc1. The van der Waals surface area contributed by atoms with Gasteiger partial charge in [0.2, 0.25) is 0 Å². The van der Waals surface area contributed by atoms with Gasteiger partial charge in [0.1, 0.15) is 0 Å². The van der Waals surface area contributed by atoms with Gasteiger partial charge >= 0.3 is 17.1 Å². The van der Waals surface area contributed by atoms with E-state index in [0.717, 1.165) is 11.4 Å². The number of nitrogens with zero attached hydrogens (tertiary/aromatic N) is 4. The Bertz CT molecular complexity index is 458. The van der Waals surface area contributed by atoms with Crippen molar-refractivity contribution in [2.75, 3.05) is 0 Å². The standard InChI is InChI=1S/C10H8N2.2CNS.Mn/c1-3-7-11-9(5-1)10-6-2-4-8-12-10;2*2-1-3;/h1-8H;;;/q;2*-1;+2. The van der Waals surface area contributed by atoms with Crippen LogP contribution in [0.5, 0.6) is 0 Å². The molecule has 0 bridgehead atoms. The summed E-state index contributed by atoms with van der Waals surface area (Å²) < 4.78 is 0. The second kappa shape index (κ2) is 14.5. The van der Waals surface area contributed by atoms with E-state index in [9.17, 15) is 0 Å². The van der Waals surface area contributed by atoms with Crippen LogP contribution < -0.4 is 0 Å². The average molecular weight is 327 g/mol. The fraction of sp³-hybridized carbons (Fsp3) is 0. The maximum absolute atomic E-state index is 7.13. The maximum Gasteiger partial charge on any atom is 2.00 e. The maximum atomic E-state index is 7.13. The molecule has 0 unspecified atom stereocenters. The molecule has 2 aromatic rings. The minimum Gasteiger partial charge on any atom is -0.753 e. The third kappa shape index (κ3) is 10.1. The number of hydrogen-bond donors (Lipinski definition) is 0. The van der Waals surface area contributed by atoms with E-state index in [1.54, 1.807) is 12.4 Å². The Morgan fingerprint density at radius 1 is 0.789 bits per heavy atom. The fourth-order valence-electron chi connectivity index (χ4n) is 1.03.